The summed E-state index contributed by atoms with van der Waals surface area (Å²) in [5.41, 5.74) is -1.02. The second-order valence-corrected chi connectivity index (χ2v) is 4.18. The van der Waals surface area contributed by atoms with Crippen LogP contribution >= 0.6 is 0 Å². The van der Waals surface area contributed by atoms with Crippen LogP contribution in [0.25, 0.3) is 0 Å². The number of methoxy groups -OCH3 is 2. The van der Waals surface area contributed by atoms with Crippen LogP contribution in [0.15, 0.2) is 11.3 Å². The van der Waals surface area contributed by atoms with Gasteiger partial charge >= 0.3 is 18.4 Å². The first-order valence-corrected chi connectivity index (χ1v) is 5.87. The molecule has 0 aliphatic heterocycles. The molecule has 0 saturated heterocycles. The molecule has 1 aliphatic carbocycles. The third-order valence-corrected chi connectivity index (χ3v) is 2.64. The van der Waals surface area contributed by atoms with Crippen LogP contribution in [0.3, 0.4) is 0 Å². The number of Topliss-reactive ketones (excluding diaryl/α,β-unsaturated/α-hetero) is 1. The number of carbonyl (C=O) groups excluding carboxylic acids is 3. The highest BCUT2D eigenvalue weighted by molar-refractivity contribution is 6.19. The first-order chi connectivity index (χ1) is 9.40. The Hall–Kier alpha value is -1.99. The van der Waals surface area contributed by atoms with Gasteiger partial charge in [0, 0.05) is 11.7 Å². The molecule has 1 aliphatic rings. The molecule has 20 heavy (non-hydrogen) atoms. The zero-order valence-corrected chi connectivity index (χ0v) is 11.1. The Morgan fingerprint density at radius 2 is 1.80 bits per heavy atom. The largest absolute Gasteiger partial charge is 0.469 e. The molecular formula is C12H15F2NO5. The number of hydrogen-bond acceptors (Lipinski definition) is 6. The van der Waals surface area contributed by atoms with Crippen LogP contribution < -0.4 is 5.32 Å². The fourth-order valence-corrected chi connectivity index (χ4v) is 1.49. The van der Waals surface area contributed by atoms with Crippen molar-refractivity contribution in [3.8, 4) is 0 Å². The van der Waals surface area contributed by atoms with E-state index in [1.807, 2.05) is 0 Å². The second kappa shape index (κ2) is 6.97. The highest BCUT2D eigenvalue weighted by Gasteiger charge is 2.33. The number of rotatable bonds is 7. The molecule has 6 nitrogen and oxygen atoms in total. The maximum atomic E-state index is 12.6. The summed E-state index contributed by atoms with van der Waals surface area (Å²) in [4.78, 5) is 34.3. The SMILES string of the molecule is COC(=O)CC(NC1CC1)=C(C(=O)OC)C(=O)C(F)F. The van der Waals surface area contributed by atoms with Crippen molar-refractivity contribution in [2.75, 3.05) is 14.2 Å². The lowest BCUT2D eigenvalue weighted by Crippen LogP contribution is -2.29. The van der Waals surface area contributed by atoms with Gasteiger partial charge in [-0.15, -0.1) is 0 Å². The van der Waals surface area contributed by atoms with E-state index in [1.54, 1.807) is 0 Å². The lowest BCUT2D eigenvalue weighted by molar-refractivity contribution is -0.140. The summed E-state index contributed by atoms with van der Waals surface area (Å²) in [7, 11) is 2.08. The molecule has 8 heteroatoms. The minimum atomic E-state index is -3.36. The molecule has 0 unspecified atom stereocenters. The van der Waals surface area contributed by atoms with E-state index in [0.717, 1.165) is 27.1 Å². The number of halogens is 2. The van der Waals surface area contributed by atoms with Gasteiger partial charge < -0.3 is 14.8 Å². The van der Waals surface area contributed by atoms with Gasteiger partial charge in [-0.2, -0.15) is 0 Å². The highest BCUT2D eigenvalue weighted by atomic mass is 19.3. The predicted octanol–water partition coefficient (Wildman–Crippen LogP) is 0.563. The number of nitrogens with one attached hydrogen (secondary N) is 1. The van der Waals surface area contributed by atoms with Gasteiger partial charge in [-0.25, -0.2) is 13.6 Å². The molecule has 1 saturated carbocycles. The van der Waals surface area contributed by atoms with Crippen LogP contribution in [0.2, 0.25) is 0 Å². The molecular weight excluding hydrogens is 276 g/mol. The molecule has 0 aromatic heterocycles. The summed E-state index contributed by atoms with van der Waals surface area (Å²) in [5, 5.41) is 2.73. The zero-order chi connectivity index (χ0) is 15.3. The third kappa shape index (κ3) is 4.29. The molecule has 0 aromatic rings. The minimum Gasteiger partial charge on any atom is -0.469 e. The molecule has 1 N–H and O–H groups in total. The molecule has 0 atom stereocenters. The maximum absolute atomic E-state index is 12.6. The number of hydrogen-bond donors (Lipinski definition) is 1. The Balaban J connectivity index is 3.15. The van der Waals surface area contributed by atoms with Crippen molar-refractivity contribution >= 4 is 17.7 Å². The maximum Gasteiger partial charge on any atom is 0.343 e. The second-order valence-electron chi connectivity index (χ2n) is 4.18. The van der Waals surface area contributed by atoms with E-state index >= 15 is 0 Å². The van der Waals surface area contributed by atoms with Crippen molar-refractivity contribution in [2.24, 2.45) is 0 Å². The van der Waals surface area contributed by atoms with Gasteiger partial charge in [-0.3, -0.25) is 9.59 Å². The van der Waals surface area contributed by atoms with E-state index in [9.17, 15) is 23.2 Å². The average molecular weight is 291 g/mol. The number of esters is 2. The summed E-state index contributed by atoms with van der Waals surface area (Å²) in [6, 6.07) is -0.0419. The van der Waals surface area contributed by atoms with Gasteiger partial charge in [-0.1, -0.05) is 0 Å². The van der Waals surface area contributed by atoms with Crippen molar-refractivity contribution < 1.29 is 32.6 Å². The van der Waals surface area contributed by atoms with E-state index in [0.29, 0.717) is 0 Å². The van der Waals surface area contributed by atoms with Crippen molar-refractivity contribution in [2.45, 2.75) is 31.7 Å². The third-order valence-electron chi connectivity index (χ3n) is 2.64. The summed E-state index contributed by atoms with van der Waals surface area (Å²) < 4.78 is 33.9. The summed E-state index contributed by atoms with van der Waals surface area (Å²) in [5.74, 6) is -3.64. The van der Waals surface area contributed by atoms with Crippen molar-refractivity contribution in [1.82, 2.24) is 5.32 Å². The first kappa shape index (κ1) is 16.1. The number of ketones is 1. The van der Waals surface area contributed by atoms with Crippen LogP contribution in [0.5, 0.6) is 0 Å². The monoisotopic (exact) mass is 291 g/mol. The van der Waals surface area contributed by atoms with Crippen LogP contribution in [0.1, 0.15) is 19.3 Å². The molecule has 0 spiro atoms. The van der Waals surface area contributed by atoms with Crippen molar-refractivity contribution in [3.63, 3.8) is 0 Å². The van der Waals surface area contributed by atoms with Crippen LogP contribution in [-0.2, 0) is 23.9 Å². The Kier molecular flexibility index (Phi) is 5.60. The van der Waals surface area contributed by atoms with E-state index in [2.05, 4.69) is 14.8 Å². The Labute approximate surface area is 114 Å². The summed E-state index contributed by atoms with van der Waals surface area (Å²) in [6.45, 7) is 0. The quantitative estimate of drug-likeness (QED) is 0.319. The Morgan fingerprint density at radius 3 is 2.20 bits per heavy atom. The lowest BCUT2D eigenvalue weighted by atomic mass is 10.1. The zero-order valence-electron chi connectivity index (χ0n) is 11.1. The van der Waals surface area contributed by atoms with Gasteiger partial charge in [-0.05, 0) is 12.8 Å². The number of alkyl halides is 2. The fraction of sp³-hybridized carbons (Fsp3) is 0.583. The van der Waals surface area contributed by atoms with Gasteiger partial charge in [0.15, 0.2) is 0 Å². The molecule has 0 radical (unpaired) electrons. The molecule has 0 amide bonds. The lowest BCUT2D eigenvalue weighted by Gasteiger charge is -2.14. The van der Waals surface area contributed by atoms with Gasteiger partial charge in [0.1, 0.15) is 5.57 Å². The summed E-state index contributed by atoms with van der Waals surface area (Å²) in [6.07, 6.45) is -2.31. The number of ether oxygens (including phenoxy) is 2. The molecule has 0 bridgehead atoms. The van der Waals surface area contributed by atoms with Crippen LogP contribution in [0.4, 0.5) is 8.78 Å². The van der Waals surface area contributed by atoms with Gasteiger partial charge in [0.25, 0.3) is 0 Å². The molecule has 0 heterocycles. The summed E-state index contributed by atoms with van der Waals surface area (Å²) >= 11 is 0. The van der Waals surface area contributed by atoms with E-state index < -0.39 is 36.1 Å². The molecule has 1 fully saturated rings. The van der Waals surface area contributed by atoms with Crippen molar-refractivity contribution in [3.05, 3.63) is 11.3 Å². The van der Waals surface area contributed by atoms with E-state index in [1.165, 1.54) is 0 Å². The molecule has 1 rings (SSSR count). The van der Waals surface area contributed by atoms with Crippen molar-refractivity contribution in [1.29, 1.82) is 0 Å². The molecule has 0 aromatic carbocycles. The topological polar surface area (TPSA) is 81.7 Å². The highest BCUT2D eigenvalue weighted by Crippen LogP contribution is 2.23. The van der Waals surface area contributed by atoms with Gasteiger partial charge in [0.2, 0.25) is 5.78 Å². The average Bonchev–Trinajstić information content (AvgIpc) is 3.21. The van der Waals surface area contributed by atoms with Crippen LogP contribution in [-0.4, -0.2) is 44.4 Å². The fourth-order valence-electron chi connectivity index (χ4n) is 1.49. The minimum absolute atomic E-state index is 0.0419. The van der Waals surface area contributed by atoms with E-state index in [4.69, 9.17) is 0 Å². The van der Waals surface area contributed by atoms with Crippen LogP contribution in [0, 0.1) is 0 Å². The molecule has 112 valence electrons. The normalized spacial score (nSPS) is 15.4. The number of carbonyl (C=O) groups is 3. The van der Waals surface area contributed by atoms with Gasteiger partial charge in [0.05, 0.1) is 20.6 Å². The first-order valence-electron chi connectivity index (χ1n) is 5.87. The predicted molar refractivity (Wildman–Crippen MR) is 62.8 cm³/mol. The Morgan fingerprint density at radius 1 is 1.20 bits per heavy atom. The Bertz CT molecular complexity index is 443. The standard InChI is InChI=1S/C12H15F2NO5/c1-19-8(16)5-7(15-6-3-4-6)9(12(18)20-2)10(17)11(13)14/h6,11,15H,3-5H2,1-2H3. The smallest absolute Gasteiger partial charge is 0.343 e. The van der Waals surface area contributed by atoms with E-state index in [-0.39, 0.29) is 11.7 Å².